The van der Waals surface area contributed by atoms with E-state index in [1.54, 1.807) is 14.0 Å². The Bertz CT molecular complexity index is 382. The van der Waals surface area contributed by atoms with Gasteiger partial charge in [-0.3, -0.25) is 4.79 Å². The van der Waals surface area contributed by atoms with E-state index in [-0.39, 0.29) is 18.0 Å². The number of hydrogen-bond donors (Lipinski definition) is 2. The maximum atomic E-state index is 13.3. The topological polar surface area (TPSA) is 41.1 Å². The molecule has 0 aliphatic rings. The Morgan fingerprint density at radius 3 is 2.75 bits per heavy atom. The molecule has 1 amide bonds. The van der Waals surface area contributed by atoms with Crippen LogP contribution in [0.1, 0.15) is 18.5 Å². The van der Waals surface area contributed by atoms with Gasteiger partial charge in [-0.05, 0) is 20.0 Å². The lowest BCUT2D eigenvalue weighted by Gasteiger charge is -2.15. The first-order valence-electron chi connectivity index (χ1n) is 4.94. The Hall–Kier alpha value is -1.49. The van der Waals surface area contributed by atoms with Gasteiger partial charge in [0.2, 0.25) is 5.91 Å². The Morgan fingerprint density at radius 2 is 2.12 bits per heavy atom. The molecule has 1 unspecified atom stereocenters. The van der Waals surface area contributed by atoms with Crippen molar-refractivity contribution in [3.63, 3.8) is 0 Å². The van der Waals surface area contributed by atoms with Gasteiger partial charge in [-0.15, -0.1) is 0 Å². The second kappa shape index (κ2) is 5.55. The van der Waals surface area contributed by atoms with Crippen LogP contribution in [-0.4, -0.2) is 19.5 Å². The van der Waals surface area contributed by atoms with Crippen molar-refractivity contribution in [3.05, 3.63) is 35.4 Å². The highest BCUT2D eigenvalue weighted by molar-refractivity contribution is 5.78. The molecule has 0 heterocycles. The minimum absolute atomic E-state index is 0.140. The number of benzene rings is 1. The van der Waals surface area contributed by atoms with Gasteiger partial charge in [0.1, 0.15) is 0 Å². The van der Waals surface area contributed by atoms with Gasteiger partial charge in [0.15, 0.2) is 11.6 Å². The van der Waals surface area contributed by atoms with Gasteiger partial charge in [-0.2, -0.15) is 0 Å². The Kier molecular flexibility index (Phi) is 4.37. The molecule has 0 spiro atoms. The van der Waals surface area contributed by atoms with Gasteiger partial charge in [-0.25, -0.2) is 8.78 Å². The molecule has 1 aromatic rings. The van der Waals surface area contributed by atoms with Crippen molar-refractivity contribution < 1.29 is 13.6 Å². The molecule has 0 aromatic heterocycles. The Morgan fingerprint density at radius 1 is 1.44 bits per heavy atom. The van der Waals surface area contributed by atoms with Gasteiger partial charge in [0, 0.05) is 5.56 Å². The van der Waals surface area contributed by atoms with Crippen molar-refractivity contribution in [3.8, 4) is 0 Å². The van der Waals surface area contributed by atoms with Crippen LogP contribution < -0.4 is 10.6 Å². The second-order valence-electron chi connectivity index (χ2n) is 3.46. The highest BCUT2D eigenvalue weighted by Gasteiger charge is 2.15. The maximum absolute atomic E-state index is 13.3. The number of carbonyl (C=O) groups excluding carboxylic acids is 1. The quantitative estimate of drug-likeness (QED) is 0.817. The number of carbonyl (C=O) groups is 1. The summed E-state index contributed by atoms with van der Waals surface area (Å²) in [5, 5.41) is 5.23. The van der Waals surface area contributed by atoms with E-state index < -0.39 is 17.7 Å². The van der Waals surface area contributed by atoms with E-state index in [4.69, 9.17) is 0 Å². The molecule has 0 aliphatic heterocycles. The first-order valence-corrected chi connectivity index (χ1v) is 4.94. The number of hydrogen-bond acceptors (Lipinski definition) is 2. The fourth-order valence-electron chi connectivity index (χ4n) is 1.39. The average Bonchev–Trinajstić information content (AvgIpc) is 2.22. The molecule has 16 heavy (non-hydrogen) atoms. The van der Waals surface area contributed by atoms with Crippen LogP contribution in [0.15, 0.2) is 18.2 Å². The molecule has 1 rings (SSSR count). The molecule has 0 saturated heterocycles. The average molecular weight is 228 g/mol. The summed E-state index contributed by atoms with van der Waals surface area (Å²) in [4.78, 5) is 11.2. The summed E-state index contributed by atoms with van der Waals surface area (Å²) in [6.45, 7) is 1.74. The van der Waals surface area contributed by atoms with E-state index in [0.29, 0.717) is 0 Å². The molecular formula is C11H14F2N2O. The zero-order valence-corrected chi connectivity index (χ0v) is 9.18. The summed E-state index contributed by atoms with van der Waals surface area (Å²) in [6, 6.07) is 3.34. The molecular weight excluding hydrogens is 214 g/mol. The lowest BCUT2D eigenvalue weighted by molar-refractivity contribution is -0.120. The molecule has 0 fully saturated rings. The fourth-order valence-corrected chi connectivity index (χ4v) is 1.39. The van der Waals surface area contributed by atoms with E-state index in [0.717, 1.165) is 6.07 Å². The monoisotopic (exact) mass is 228 g/mol. The third-order valence-electron chi connectivity index (χ3n) is 2.16. The van der Waals surface area contributed by atoms with Gasteiger partial charge in [0.05, 0.1) is 12.6 Å². The summed E-state index contributed by atoms with van der Waals surface area (Å²) in [6.07, 6.45) is 0. The van der Waals surface area contributed by atoms with E-state index in [9.17, 15) is 13.6 Å². The molecule has 2 N–H and O–H groups in total. The zero-order chi connectivity index (χ0) is 12.1. The van der Waals surface area contributed by atoms with Crippen LogP contribution in [0.25, 0.3) is 0 Å². The highest BCUT2D eigenvalue weighted by atomic mass is 19.2. The normalized spacial score (nSPS) is 12.2. The summed E-state index contributed by atoms with van der Waals surface area (Å²) in [5.74, 6) is -2.09. The third-order valence-corrected chi connectivity index (χ3v) is 2.16. The third kappa shape index (κ3) is 3.00. The van der Waals surface area contributed by atoms with Crippen molar-refractivity contribution in [2.45, 2.75) is 13.0 Å². The van der Waals surface area contributed by atoms with Crippen molar-refractivity contribution in [2.24, 2.45) is 0 Å². The summed E-state index contributed by atoms with van der Waals surface area (Å²) < 4.78 is 26.3. The van der Waals surface area contributed by atoms with Crippen molar-refractivity contribution in [1.82, 2.24) is 10.6 Å². The maximum Gasteiger partial charge on any atom is 0.234 e. The lowest BCUT2D eigenvalue weighted by atomic mass is 10.1. The molecule has 3 nitrogen and oxygen atoms in total. The van der Waals surface area contributed by atoms with E-state index in [1.165, 1.54) is 12.1 Å². The molecule has 0 radical (unpaired) electrons. The summed E-state index contributed by atoms with van der Waals surface area (Å²) in [5.41, 5.74) is 0.143. The van der Waals surface area contributed by atoms with Crippen LogP contribution in [0.4, 0.5) is 8.78 Å². The molecule has 0 saturated carbocycles. The number of nitrogens with one attached hydrogen (secondary N) is 2. The van der Waals surface area contributed by atoms with Gasteiger partial charge >= 0.3 is 0 Å². The predicted octanol–water partition coefficient (Wildman–Crippen LogP) is 1.36. The molecule has 1 aromatic carbocycles. The summed E-state index contributed by atoms with van der Waals surface area (Å²) >= 11 is 0. The van der Waals surface area contributed by atoms with Crippen LogP contribution >= 0.6 is 0 Å². The van der Waals surface area contributed by atoms with Crippen molar-refractivity contribution in [2.75, 3.05) is 13.6 Å². The van der Waals surface area contributed by atoms with Crippen LogP contribution in [-0.2, 0) is 4.79 Å². The van der Waals surface area contributed by atoms with Crippen molar-refractivity contribution >= 4 is 5.91 Å². The molecule has 1 atom stereocenters. The number of likely N-dealkylation sites (N-methyl/N-ethyl adjacent to an activating group) is 1. The molecule has 5 heteroatoms. The van der Waals surface area contributed by atoms with Crippen LogP contribution in [0.3, 0.4) is 0 Å². The number of amides is 1. The van der Waals surface area contributed by atoms with E-state index in [1.807, 2.05) is 0 Å². The highest BCUT2D eigenvalue weighted by Crippen LogP contribution is 2.18. The second-order valence-corrected chi connectivity index (χ2v) is 3.46. The van der Waals surface area contributed by atoms with E-state index in [2.05, 4.69) is 10.6 Å². The SMILES string of the molecule is CNCC(=O)NC(C)c1cccc(F)c1F. The minimum atomic E-state index is -0.917. The van der Waals surface area contributed by atoms with Crippen LogP contribution in [0.5, 0.6) is 0 Å². The first-order chi connectivity index (χ1) is 7.56. The standard InChI is InChI=1S/C11H14F2N2O/c1-7(15-10(16)6-14-2)8-4-3-5-9(12)11(8)13/h3-5,7,14H,6H2,1-2H3,(H,15,16). The minimum Gasteiger partial charge on any atom is -0.348 e. The predicted molar refractivity (Wildman–Crippen MR) is 56.8 cm³/mol. The Labute approximate surface area is 92.8 Å². The lowest BCUT2D eigenvalue weighted by Crippen LogP contribution is -2.34. The smallest absolute Gasteiger partial charge is 0.234 e. The molecule has 88 valence electrons. The number of rotatable bonds is 4. The van der Waals surface area contributed by atoms with E-state index >= 15 is 0 Å². The zero-order valence-electron chi connectivity index (χ0n) is 9.18. The van der Waals surface area contributed by atoms with Crippen molar-refractivity contribution in [1.29, 1.82) is 0 Å². The molecule has 0 bridgehead atoms. The molecule has 0 aliphatic carbocycles. The largest absolute Gasteiger partial charge is 0.348 e. The summed E-state index contributed by atoms with van der Waals surface area (Å²) in [7, 11) is 1.63. The van der Waals surface area contributed by atoms with Gasteiger partial charge < -0.3 is 10.6 Å². The van der Waals surface area contributed by atoms with Gasteiger partial charge in [-0.1, -0.05) is 12.1 Å². The first kappa shape index (κ1) is 12.6. The van der Waals surface area contributed by atoms with Gasteiger partial charge in [0.25, 0.3) is 0 Å². The van der Waals surface area contributed by atoms with Crippen LogP contribution in [0, 0.1) is 11.6 Å². The fraction of sp³-hybridized carbons (Fsp3) is 0.364. The van der Waals surface area contributed by atoms with Crippen LogP contribution in [0.2, 0.25) is 0 Å². The Balaban J connectivity index is 2.76. The number of halogens is 2.